The van der Waals surface area contributed by atoms with Crippen LogP contribution in [0, 0.1) is 0 Å². The predicted molar refractivity (Wildman–Crippen MR) is 89.4 cm³/mol. The summed E-state index contributed by atoms with van der Waals surface area (Å²) in [5, 5.41) is 27.5. The standard InChI is InChI=1S/C14H14N10O2/c1-3-23-13(25)9-4-12-10(5-11(9)16-19-23)14(26)24(20-17-12)8(2)6-22-7-15-18-21-22/h4-5,7-8H,3,6H2,1-2H3. The Morgan fingerprint density at radius 1 is 1.00 bits per heavy atom. The SMILES string of the molecule is CCn1nnc2cc3c(=O)n(C(C)Cn4cnnn4)nnc3cc2c1=O. The lowest BCUT2D eigenvalue weighted by atomic mass is 10.2. The van der Waals surface area contributed by atoms with Crippen molar-refractivity contribution in [2.45, 2.75) is 33.0 Å². The van der Waals surface area contributed by atoms with Crippen molar-refractivity contribution >= 4 is 21.8 Å². The number of aromatic nitrogens is 10. The molecule has 26 heavy (non-hydrogen) atoms. The highest BCUT2D eigenvalue weighted by Gasteiger charge is 2.15. The second-order valence-corrected chi connectivity index (χ2v) is 5.82. The molecule has 0 amide bonds. The van der Waals surface area contributed by atoms with Gasteiger partial charge in [-0.25, -0.2) is 14.0 Å². The summed E-state index contributed by atoms with van der Waals surface area (Å²) in [6.45, 7) is 4.38. The quantitative estimate of drug-likeness (QED) is 0.429. The molecule has 0 aliphatic heterocycles. The van der Waals surface area contributed by atoms with Gasteiger partial charge in [0.05, 0.1) is 23.4 Å². The van der Waals surface area contributed by atoms with Crippen molar-refractivity contribution in [2.24, 2.45) is 0 Å². The zero-order valence-electron chi connectivity index (χ0n) is 14.0. The second kappa shape index (κ2) is 6.06. The van der Waals surface area contributed by atoms with Gasteiger partial charge in [0.1, 0.15) is 17.4 Å². The molecule has 3 aromatic heterocycles. The van der Waals surface area contributed by atoms with Gasteiger partial charge in [-0.2, -0.15) is 0 Å². The molecular weight excluding hydrogens is 340 g/mol. The van der Waals surface area contributed by atoms with E-state index >= 15 is 0 Å². The molecule has 1 aromatic carbocycles. The number of fused-ring (bicyclic) bond motifs is 2. The molecule has 0 spiro atoms. The normalized spacial score (nSPS) is 12.7. The van der Waals surface area contributed by atoms with Gasteiger partial charge in [-0.15, -0.1) is 15.3 Å². The van der Waals surface area contributed by atoms with Crippen molar-refractivity contribution in [1.29, 1.82) is 0 Å². The minimum absolute atomic E-state index is 0.280. The average Bonchev–Trinajstić information content (AvgIpc) is 3.14. The highest BCUT2D eigenvalue weighted by atomic mass is 16.1. The van der Waals surface area contributed by atoms with E-state index in [1.165, 1.54) is 32.5 Å². The van der Waals surface area contributed by atoms with Gasteiger partial charge in [-0.05, 0) is 36.4 Å². The fourth-order valence-electron chi connectivity index (χ4n) is 2.73. The smallest absolute Gasteiger partial charge is 0.267 e. The maximum atomic E-state index is 12.8. The van der Waals surface area contributed by atoms with Gasteiger partial charge >= 0.3 is 0 Å². The lowest BCUT2D eigenvalue weighted by Gasteiger charge is -2.12. The third kappa shape index (κ3) is 2.51. The molecule has 0 N–H and O–H groups in total. The van der Waals surface area contributed by atoms with Crippen LogP contribution in [0.15, 0.2) is 28.0 Å². The monoisotopic (exact) mass is 354 g/mol. The topological polar surface area (TPSA) is 139 Å². The molecule has 0 saturated carbocycles. The fraction of sp³-hybridized carbons (Fsp3) is 0.357. The molecule has 12 heteroatoms. The molecule has 0 fully saturated rings. The highest BCUT2D eigenvalue weighted by Crippen LogP contribution is 2.14. The van der Waals surface area contributed by atoms with Crippen LogP contribution in [0.25, 0.3) is 21.8 Å². The first-order valence-corrected chi connectivity index (χ1v) is 7.96. The molecule has 4 rings (SSSR count). The van der Waals surface area contributed by atoms with Crippen LogP contribution in [0.5, 0.6) is 0 Å². The zero-order chi connectivity index (χ0) is 18.3. The first-order valence-electron chi connectivity index (χ1n) is 7.96. The second-order valence-electron chi connectivity index (χ2n) is 5.82. The van der Waals surface area contributed by atoms with E-state index in [0.717, 1.165) is 0 Å². The van der Waals surface area contributed by atoms with E-state index in [2.05, 4.69) is 36.1 Å². The molecule has 0 saturated heterocycles. The minimum Gasteiger partial charge on any atom is -0.267 e. The van der Waals surface area contributed by atoms with Crippen LogP contribution in [0.4, 0.5) is 0 Å². The Morgan fingerprint density at radius 3 is 2.35 bits per heavy atom. The van der Waals surface area contributed by atoms with Crippen molar-refractivity contribution in [3.8, 4) is 0 Å². The predicted octanol–water partition coefficient (Wildman–Crippen LogP) is -0.836. The molecule has 0 aliphatic rings. The van der Waals surface area contributed by atoms with Crippen LogP contribution in [0.1, 0.15) is 19.9 Å². The lowest BCUT2D eigenvalue weighted by Crippen LogP contribution is -2.30. The Labute approximate surface area is 145 Å². The van der Waals surface area contributed by atoms with Gasteiger partial charge in [0.25, 0.3) is 11.1 Å². The van der Waals surface area contributed by atoms with E-state index in [0.29, 0.717) is 34.9 Å². The zero-order valence-corrected chi connectivity index (χ0v) is 14.0. The van der Waals surface area contributed by atoms with Crippen LogP contribution in [-0.2, 0) is 13.1 Å². The van der Waals surface area contributed by atoms with Crippen molar-refractivity contribution < 1.29 is 0 Å². The molecule has 4 aromatic rings. The van der Waals surface area contributed by atoms with Crippen LogP contribution < -0.4 is 11.1 Å². The molecule has 0 bridgehead atoms. The van der Waals surface area contributed by atoms with E-state index in [1.807, 2.05) is 6.92 Å². The van der Waals surface area contributed by atoms with E-state index in [-0.39, 0.29) is 17.2 Å². The summed E-state index contributed by atoms with van der Waals surface area (Å²) < 4.78 is 4.01. The molecular formula is C14H14N10O2. The molecule has 0 radical (unpaired) electrons. The maximum Gasteiger partial charge on any atom is 0.277 e. The summed E-state index contributed by atoms with van der Waals surface area (Å²) in [6.07, 6.45) is 1.46. The summed E-state index contributed by atoms with van der Waals surface area (Å²) in [7, 11) is 0. The van der Waals surface area contributed by atoms with Crippen molar-refractivity contribution in [1.82, 2.24) is 50.2 Å². The first kappa shape index (κ1) is 15.9. The third-order valence-electron chi connectivity index (χ3n) is 4.09. The largest absolute Gasteiger partial charge is 0.277 e. The third-order valence-corrected chi connectivity index (χ3v) is 4.09. The molecule has 132 valence electrons. The Bertz CT molecular complexity index is 1210. The summed E-state index contributed by atoms with van der Waals surface area (Å²) in [5.41, 5.74) is 0.0643. The van der Waals surface area contributed by atoms with Crippen molar-refractivity contribution in [2.75, 3.05) is 0 Å². The molecule has 0 aliphatic carbocycles. The van der Waals surface area contributed by atoms with Gasteiger partial charge in [-0.1, -0.05) is 10.4 Å². The Kier molecular flexibility index (Phi) is 3.71. The van der Waals surface area contributed by atoms with Gasteiger partial charge in [0.2, 0.25) is 0 Å². The van der Waals surface area contributed by atoms with Gasteiger partial charge in [0, 0.05) is 6.54 Å². The number of aryl methyl sites for hydroxylation is 1. The lowest BCUT2D eigenvalue weighted by molar-refractivity contribution is 0.375. The van der Waals surface area contributed by atoms with Crippen LogP contribution in [-0.4, -0.2) is 50.2 Å². The van der Waals surface area contributed by atoms with Gasteiger partial charge < -0.3 is 0 Å². The Hall–Kier alpha value is -3.57. The van der Waals surface area contributed by atoms with Gasteiger partial charge in [0.15, 0.2) is 0 Å². The van der Waals surface area contributed by atoms with E-state index in [9.17, 15) is 9.59 Å². The van der Waals surface area contributed by atoms with Gasteiger partial charge in [-0.3, -0.25) is 9.59 Å². The van der Waals surface area contributed by atoms with Crippen molar-refractivity contribution in [3.05, 3.63) is 39.2 Å². The Morgan fingerprint density at radius 2 is 1.69 bits per heavy atom. The summed E-state index contributed by atoms with van der Waals surface area (Å²) in [4.78, 5) is 25.2. The molecule has 3 heterocycles. The first-order chi connectivity index (χ1) is 12.6. The Balaban J connectivity index is 1.86. The van der Waals surface area contributed by atoms with Crippen LogP contribution >= 0.6 is 0 Å². The number of hydrogen-bond donors (Lipinski definition) is 0. The van der Waals surface area contributed by atoms with E-state index < -0.39 is 0 Å². The summed E-state index contributed by atoms with van der Waals surface area (Å²) in [6, 6.07) is 2.73. The molecule has 1 unspecified atom stereocenters. The highest BCUT2D eigenvalue weighted by molar-refractivity contribution is 5.93. The number of benzene rings is 1. The van der Waals surface area contributed by atoms with Crippen LogP contribution in [0.2, 0.25) is 0 Å². The average molecular weight is 354 g/mol. The fourth-order valence-corrected chi connectivity index (χ4v) is 2.73. The number of nitrogens with zero attached hydrogens (tertiary/aromatic N) is 10. The minimum atomic E-state index is -0.334. The van der Waals surface area contributed by atoms with E-state index in [1.54, 1.807) is 6.92 Å². The summed E-state index contributed by atoms with van der Waals surface area (Å²) in [5.74, 6) is 0. The van der Waals surface area contributed by atoms with Crippen LogP contribution in [0.3, 0.4) is 0 Å². The number of rotatable bonds is 4. The van der Waals surface area contributed by atoms with Crippen molar-refractivity contribution in [3.63, 3.8) is 0 Å². The molecule has 1 atom stereocenters. The number of tetrazole rings is 1. The summed E-state index contributed by atoms with van der Waals surface area (Å²) >= 11 is 0. The molecule has 12 nitrogen and oxygen atoms in total. The number of hydrogen-bond acceptors (Lipinski definition) is 9. The van der Waals surface area contributed by atoms with E-state index in [4.69, 9.17) is 0 Å². The maximum absolute atomic E-state index is 12.8.